The van der Waals surface area contributed by atoms with Crippen LogP contribution in [0, 0.1) is 12.7 Å². The zero-order valence-corrected chi connectivity index (χ0v) is 10.3. The molecule has 0 amide bonds. The number of rotatable bonds is 2. The number of benzene rings is 2. The summed E-state index contributed by atoms with van der Waals surface area (Å²) in [5, 5.41) is 9.23. The molecule has 2 aromatic rings. The number of carboxylic acid groups (broad SMARTS) is 1. The molecule has 2 rings (SSSR count). The molecule has 2 aromatic carbocycles. The lowest BCUT2D eigenvalue weighted by molar-refractivity contribution is 0.0697. The van der Waals surface area contributed by atoms with Crippen molar-refractivity contribution >= 4 is 17.6 Å². The van der Waals surface area contributed by atoms with Crippen molar-refractivity contribution in [3.63, 3.8) is 0 Å². The normalized spacial score (nSPS) is 10.4. The van der Waals surface area contributed by atoms with Crippen LogP contribution in [0.1, 0.15) is 15.9 Å². The number of carbonyl (C=O) groups is 1. The Morgan fingerprint density at radius 3 is 2.50 bits per heavy atom. The minimum atomic E-state index is -1.01. The van der Waals surface area contributed by atoms with E-state index in [0.717, 1.165) is 5.56 Å². The van der Waals surface area contributed by atoms with Crippen molar-refractivity contribution in [2.24, 2.45) is 0 Å². The summed E-state index contributed by atoms with van der Waals surface area (Å²) in [6, 6.07) is 8.83. The van der Waals surface area contributed by atoms with E-state index in [4.69, 9.17) is 16.7 Å². The highest BCUT2D eigenvalue weighted by Crippen LogP contribution is 2.31. The molecule has 18 heavy (non-hydrogen) atoms. The first-order chi connectivity index (χ1) is 8.49. The predicted octanol–water partition coefficient (Wildman–Crippen LogP) is 4.15. The summed E-state index contributed by atoms with van der Waals surface area (Å²) < 4.78 is 13.0. The van der Waals surface area contributed by atoms with Gasteiger partial charge in [0.25, 0.3) is 0 Å². The van der Waals surface area contributed by atoms with Crippen molar-refractivity contribution in [3.8, 4) is 11.1 Å². The minimum absolute atomic E-state index is 0.177. The maximum Gasteiger partial charge on any atom is 0.335 e. The highest BCUT2D eigenvalue weighted by Gasteiger charge is 2.11. The predicted molar refractivity (Wildman–Crippen MR) is 68.5 cm³/mol. The molecule has 2 nitrogen and oxygen atoms in total. The molecule has 0 fully saturated rings. The molecular weight excluding hydrogens is 255 g/mol. The average molecular weight is 265 g/mol. The Labute approximate surface area is 109 Å². The molecule has 0 radical (unpaired) electrons. The zero-order valence-electron chi connectivity index (χ0n) is 9.58. The van der Waals surface area contributed by atoms with Gasteiger partial charge >= 0.3 is 5.97 Å². The fourth-order valence-corrected chi connectivity index (χ4v) is 2.02. The number of hydrogen-bond donors (Lipinski definition) is 1. The summed E-state index contributed by atoms with van der Waals surface area (Å²) in [5.41, 5.74) is 2.38. The van der Waals surface area contributed by atoms with Gasteiger partial charge in [0.1, 0.15) is 5.82 Å². The summed E-state index contributed by atoms with van der Waals surface area (Å²) in [7, 11) is 0. The number of halogens is 2. The fraction of sp³-hybridized carbons (Fsp3) is 0.0714. The minimum Gasteiger partial charge on any atom is -0.478 e. The first-order valence-electron chi connectivity index (χ1n) is 5.28. The third kappa shape index (κ3) is 2.36. The lowest BCUT2D eigenvalue weighted by Crippen LogP contribution is -1.97. The molecule has 0 atom stereocenters. The van der Waals surface area contributed by atoms with Crippen LogP contribution in [0.5, 0.6) is 0 Å². The molecule has 92 valence electrons. The summed E-state index contributed by atoms with van der Waals surface area (Å²) in [4.78, 5) is 10.9. The molecule has 0 saturated carbocycles. The van der Waals surface area contributed by atoms with Gasteiger partial charge in [0.05, 0.1) is 10.6 Å². The largest absolute Gasteiger partial charge is 0.478 e. The van der Waals surface area contributed by atoms with E-state index >= 15 is 0 Å². The Morgan fingerprint density at radius 2 is 1.89 bits per heavy atom. The van der Waals surface area contributed by atoms with Gasteiger partial charge in [-0.05, 0) is 48.4 Å². The average Bonchev–Trinajstić information content (AvgIpc) is 2.30. The second-order valence-electron chi connectivity index (χ2n) is 3.96. The Hall–Kier alpha value is -1.87. The van der Waals surface area contributed by atoms with Gasteiger partial charge in [-0.2, -0.15) is 0 Å². The number of carboxylic acids is 1. The molecular formula is C14H10ClFO2. The third-order valence-electron chi connectivity index (χ3n) is 2.71. The van der Waals surface area contributed by atoms with Crippen LogP contribution in [-0.4, -0.2) is 11.1 Å². The highest BCUT2D eigenvalue weighted by atomic mass is 35.5. The van der Waals surface area contributed by atoms with Crippen molar-refractivity contribution in [2.45, 2.75) is 6.92 Å². The van der Waals surface area contributed by atoms with Crippen molar-refractivity contribution < 1.29 is 14.3 Å². The molecule has 0 aromatic heterocycles. The van der Waals surface area contributed by atoms with Crippen LogP contribution in [0.4, 0.5) is 4.39 Å². The van der Waals surface area contributed by atoms with E-state index in [1.54, 1.807) is 12.1 Å². The van der Waals surface area contributed by atoms with Crippen LogP contribution >= 0.6 is 11.6 Å². The molecule has 4 heteroatoms. The zero-order chi connectivity index (χ0) is 13.3. The van der Waals surface area contributed by atoms with Crippen molar-refractivity contribution in [3.05, 3.63) is 58.4 Å². The maximum absolute atomic E-state index is 13.0. The lowest BCUT2D eigenvalue weighted by Gasteiger charge is -2.09. The van der Waals surface area contributed by atoms with E-state index in [9.17, 15) is 9.18 Å². The molecule has 0 spiro atoms. The van der Waals surface area contributed by atoms with E-state index in [-0.39, 0.29) is 10.6 Å². The van der Waals surface area contributed by atoms with E-state index in [1.807, 2.05) is 6.92 Å². The summed E-state index contributed by atoms with van der Waals surface area (Å²) in [5.74, 6) is -1.43. The van der Waals surface area contributed by atoms with Crippen LogP contribution in [0.25, 0.3) is 11.1 Å². The van der Waals surface area contributed by atoms with Crippen LogP contribution in [0.2, 0.25) is 5.02 Å². The van der Waals surface area contributed by atoms with Gasteiger partial charge in [0.15, 0.2) is 0 Å². The molecule has 0 saturated heterocycles. The Balaban J connectivity index is 2.62. The number of aromatic carboxylic acids is 1. The smallest absolute Gasteiger partial charge is 0.335 e. The molecule has 0 aliphatic carbocycles. The SMILES string of the molecule is Cc1ccc(C(=O)O)cc1-c1ccc(F)cc1Cl. The van der Waals surface area contributed by atoms with Gasteiger partial charge in [0.2, 0.25) is 0 Å². The first kappa shape index (κ1) is 12.6. The van der Waals surface area contributed by atoms with E-state index in [2.05, 4.69) is 0 Å². The fourth-order valence-electron chi connectivity index (χ4n) is 1.75. The monoisotopic (exact) mass is 264 g/mol. The van der Waals surface area contributed by atoms with Gasteiger partial charge < -0.3 is 5.11 Å². The molecule has 0 aliphatic rings. The molecule has 1 N–H and O–H groups in total. The van der Waals surface area contributed by atoms with Gasteiger partial charge in [0, 0.05) is 5.56 Å². The van der Waals surface area contributed by atoms with Gasteiger partial charge in [-0.15, -0.1) is 0 Å². The van der Waals surface area contributed by atoms with E-state index < -0.39 is 11.8 Å². The van der Waals surface area contributed by atoms with Crippen molar-refractivity contribution in [1.82, 2.24) is 0 Å². The Morgan fingerprint density at radius 1 is 1.17 bits per heavy atom. The van der Waals surface area contributed by atoms with Crippen molar-refractivity contribution in [1.29, 1.82) is 0 Å². The Kier molecular flexibility index (Phi) is 3.34. The topological polar surface area (TPSA) is 37.3 Å². The summed E-state index contributed by atoms with van der Waals surface area (Å²) in [6.45, 7) is 1.85. The highest BCUT2D eigenvalue weighted by molar-refractivity contribution is 6.33. The molecule has 0 aliphatic heterocycles. The maximum atomic E-state index is 13.0. The molecule has 0 unspecified atom stereocenters. The first-order valence-corrected chi connectivity index (χ1v) is 5.66. The van der Waals surface area contributed by atoms with E-state index in [1.165, 1.54) is 24.3 Å². The summed E-state index contributed by atoms with van der Waals surface area (Å²) >= 11 is 5.98. The second kappa shape index (κ2) is 4.78. The lowest BCUT2D eigenvalue weighted by atomic mass is 9.98. The van der Waals surface area contributed by atoms with Gasteiger partial charge in [-0.3, -0.25) is 0 Å². The van der Waals surface area contributed by atoms with Crippen LogP contribution in [-0.2, 0) is 0 Å². The third-order valence-corrected chi connectivity index (χ3v) is 3.02. The number of hydrogen-bond acceptors (Lipinski definition) is 1. The second-order valence-corrected chi connectivity index (χ2v) is 4.37. The molecule has 0 heterocycles. The molecule has 0 bridgehead atoms. The van der Waals surface area contributed by atoms with Crippen molar-refractivity contribution in [2.75, 3.05) is 0 Å². The Bertz CT molecular complexity index is 623. The van der Waals surface area contributed by atoms with Crippen LogP contribution in [0.3, 0.4) is 0 Å². The van der Waals surface area contributed by atoms with E-state index in [0.29, 0.717) is 11.1 Å². The standard InChI is InChI=1S/C14H10ClFO2/c1-8-2-3-9(14(17)18)6-12(8)11-5-4-10(16)7-13(11)15/h2-7H,1H3,(H,17,18). The van der Waals surface area contributed by atoms with Gasteiger partial charge in [-0.1, -0.05) is 17.7 Å². The van der Waals surface area contributed by atoms with Crippen LogP contribution < -0.4 is 0 Å². The van der Waals surface area contributed by atoms with Crippen LogP contribution in [0.15, 0.2) is 36.4 Å². The quantitative estimate of drug-likeness (QED) is 0.885. The van der Waals surface area contributed by atoms with Gasteiger partial charge in [-0.25, -0.2) is 9.18 Å². The summed E-state index contributed by atoms with van der Waals surface area (Å²) in [6.07, 6.45) is 0. The number of aryl methyl sites for hydroxylation is 1.